The quantitative estimate of drug-likeness (QED) is 0.609. The van der Waals surface area contributed by atoms with E-state index >= 15 is 0 Å². The van der Waals surface area contributed by atoms with Crippen molar-refractivity contribution < 1.29 is 14.6 Å². The highest BCUT2D eigenvalue weighted by Crippen LogP contribution is 2.11. The molecule has 0 aliphatic rings. The SMILES string of the molecule is CC[C@H](C)[C@@H](N)[C@@H](O)CC(=O)OC. The fraction of sp³-hybridized carbons (Fsp3) is 0.889. The van der Waals surface area contributed by atoms with Crippen LogP contribution in [0.4, 0.5) is 0 Å². The summed E-state index contributed by atoms with van der Waals surface area (Å²) < 4.78 is 4.43. The Bertz CT molecular complexity index is 161. The monoisotopic (exact) mass is 189 g/mol. The lowest BCUT2D eigenvalue weighted by Crippen LogP contribution is -2.41. The van der Waals surface area contributed by atoms with Crippen LogP contribution in [0, 0.1) is 5.92 Å². The maximum atomic E-state index is 10.8. The van der Waals surface area contributed by atoms with E-state index in [2.05, 4.69) is 4.74 Å². The summed E-state index contributed by atoms with van der Waals surface area (Å²) >= 11 is 0. The van der Waals surface area contributed by atoms with Gasteiger partial charge < -0.3 is 15.6 Å². The first-order valence-corrected chi connectivity index (χ1v) is 4.53. The third-order valence-corrected chi connectivity index (χ3v) is 2.35. The first-order valence-electron chi connectivity index (χ1n) is 4.53. The van der Waals surface area contributed by atoms with Crippen LogP contribution in [0.25, 0.3) is 0 Å². The maximum absolute atomic E-state index is 10.8. The minimum Gasteiger partial charge on any atom is -0.469 e. The summed E-state index contributed by atoms with van der Waals surface area (Å²) in [5, 5.41) is 9.49. The van der Waals surface area contributed by atoms with Gasteiger partial charge in [-0.05, 0) is 5.92 Å². The highest BCUT2D eigenvalue weighted by Gasteiger charge is 2.22. The van der Waals surface area contributed by atoms with Crippen LogP contribution in [0.5, 0.6) is 0 Å². The van der Waals surface area contributed by atoms with Crippen molar-refractivity contribution in [1.29, 1.82) is 0 Å². The van der Waals surface area contributed by atoms with Crippen LogP contribution in [0.3, 0.4) is 0 Å². The van der Waals surface area contributed by atoms with Crippen molar-refractivity contribution >= 4 is 5.97 Å². The Morgan fingerprint density at radius 3 is 2.54 bits per heavy atom. The van der Waals surface area contributed by atoms with E-state index in [1.54, 1.807) is 0 Å². The number of aliphatic hydroxyl groups is 1. The van der Waals surface area contributed by atoms with E-state index in [0.717, 1.165) is 6.42 Å². The van der Waals surface area contributed by atoms with Gasteiger partial charge >= 0.3 is 5.97 Å². The molecule has 3 atom stereocenters. The molecule has 0 amide bonds. The lowest BCUT2D eigenvalue weighted by atomic mass is 9.94. The predicted molar refractivity (Wildman–Crippen MR) is 50.1 cm³/mol. The Kier molecular flexibility index (Phi) is 5.66. The highest BCUT2D eigenvalue weighted by molar-refractivity contribution is 5.69. The molecule has 3 N–H and O–H groups in total. The lowest BCUT2D eigenvalue weighted by molar-refractivity contribution is -0.143. The van der Waals surface area contributed by atoms with Crippen LogP contribution in [-0.2, 0) is 9.53 Å². The van der Waals surface area contributed by atoms with Crippen molar-refractivity contribution in [2.75, 3.05) is 7.11 Å². The molecule has 0 heterocycles. The molecule has 0 aromatic heterocycles. The van der Waals surface area contributed by atoms with Gasteiger partial charge in [-0.1, -0.05) is 20.3 Å². The molecule has 0 rings (SSSR count). The third kappa shape index (κ3) is 4.24. The molecule has 0 bridgehead atoms. The number of rotatable bonds is 5. The lowest BCUT2D eigenvalue weighted by Gasteiger charge is -2.23. The Labute approximate surface area is 79.1 Å². The Hall–Kier alpha value is -0.610. The Morgan fingerprint density at radius 1 is 1.62 bits per heavy atom. The van der Waals surface area contributed by atoms with Crippen molar-refractivity contribution in [2.24, 2.45) is 11.7 Å². The van der Waals surface area contributed by atoms with E-state index < -0.39 is 12.1 Å². The zero-order valence-electron chi connectivity index (χ0n) is 8.49. The van der Waals surface area contributed by atoms with Gasteiger partial charge in [-0.25, -0.2) is 0 Å². The van der Waals surface area contributed by atoms with Crippen LogP contribution < -0.4 is 5.73 Å². The standard InChI is InChI=1S/C9H19NO3/c1-4-6(2)9(10)7(11)5-8(12)13-3/h6-7,9,11H,4-5,10H2,1-3H3/t6-,7-,9+/m0/s1. The second-order valence-corrected chi connectivity index (χ2v) is 3.31. The Morgan fingerprint density at radius 2 is 2.15 bits per heavy atom. The number of ether oxygens (including phenoxy) is 1. The zero-order chi connectivity index (χ0) is 10.4. The van der Waals surface area contributed by atoms with E-state index in [0.29, 0.717) is 0 Å². The molecule has 78 valence electrons. The number of esters is 1. The van der Waals surface area contributed by atoms with Crippen molar-refractivity contribution in [3.63, 3.8) is 0 Å². The minimum absolute atomic E-state index is 0.0258. The van der Waals surface area contributed by atoms with E-state index in [-0.39, 0.29) is 18.4 Å². The average Bonchev–Trinajstić information content (AvgIpc) is 2.14. The van der Waals surface area contributed by atoms with Crippen molar-refractivity contribution in [2.45, 2.75) is 38.8 Å². The van der Waals surface area contributed by atoms with Gasteiger partial charge in [-0.2, -0.15) is 0 Å². The predicted octanol–water partition coefficient (Wildman–Crippen LogP) is 0.284. The molecule has 0 saturated heterocycles. The van der Waals surface area contributed by atoms with Gasteiger partial charge in [-0.3, -0.25) is 4.79 Å². The summed E-state index contributed by atoms with van der Waals surface area (Å²) in [7, 11) is 1.30. The number of carbonyl (C=O) groups is 1. The summed E-state index contributed by atoms with van der Waals surface area (Å²) in [4.78, 5) is 10.8. The largest absolute Gasteiger partial charge is 0.469 e. The molecule has 4 heteroatoms. The average molecular weight is 189 g/mol. The molecular formula is C9H19NO3. The second-order valence-electron chi connectivity index (χ2n) is 3.31. The van der Waals surface area contributed by atoms with E-state index in [1.807, 2.05) is 13.8 Å². The van der Waals surface area contributed by atoms with E-state index in [1.165, 1.54) is 7.11 Å². The van der Waals surface area contributed by atoms with Gasteiger partial charge in [-0.15, -0.1) is 0 Å². The number of aliphatic hydroxyl groups excluding tert-OH is 1. The second kappa shape index (κ2) is 5.94. The van der Waals surface area contributed by atoms with Crippen LogP contribution >= 0.6 is 0 Å². The molecule has 0 radical (unpaired) electrons. The van der Waals surface area contributed by atoms with Crippen molar-refractivity contribution in [1.82, 2.24) is 0 Å². The highest BCUT2D eigenvalue weighted by atomic mass is 16.5. The van der Waals surface area contributed by atoms with Crippen molar-refractivity contribution in [3.05, 3.63) is 0 Å². The van der Waals surface area contributed by atoms with Gasteiger partial charge in [0.25, 0.3) is 0 Å². The summed E-state index contributed by atoms with van der Waals surface area (Å²) in [6.07, 6.45) is 0.0592. The summed E-state index contributed by atoms with van der Waals surface area (Å²) in [6, 6.07) is -0.357. The number of hydrogen-bond donors (Lipinski definition) is 2. The van der Waals surface area contributed by atoms with Crippen molar-refractivity contribution in [3.8, 4) is 0 Å². The molecule has 0 saturated carbocycles. The minimum atomic E-state index is -0.803. The molecule has 0 aromatic rings. The first-order chi connectivity index (χ1) is 6.02. The van der Waals surface area contributed by atoms with Gasteiger partial charge in [0.15, 0.2) is 0 Å². The van der Waals surface area contributed by atoms with Gasteiger partial charge in [0.1, 0.15) is 0 Å². The molecule has 0 aliphatic carbocycles. The molecule has 13 heavy (non-hydrogen) atoms. The van der Waals surface area contributed by atoms with E-state index in [9.17, 15) is 9.90 Å². The topological polar surface area (TPSA) is 72.5 Å². The number of methoxy groups -OCH3 is 1. The van der Waals surface area contributed by atoms with Crippen LogP contribution in [0.2, 0.25) is 0 Å². The molecule has 4 nitrogen and oxygen atoms in total. The van der Waals surface area contributed by atoms with Crippen LogP contribution in [0.15, 0.2) is 0 Å². The fourth-order valence-corrected chi connectivity index (χ4v) is 1.04. The van der Waals surface area contributed by atoms with E-state index in [4.69, 9.17) is 5.73 Å². The van der Waals surface area contributed by atoms with Crippen LogP contribution in [-0.4, -0.2) is 30.3 Å². The number of hydrogen-bond acceptors (Lipinski definition) is 4. The van der Waals surface area contributed by atoms with Gasteiger partial charge in [0.05, 0.1) is 19.6 Å². The number of nitrogens with two attached hydrogens (primary N) is 1. The summed E-state index contributed by atoms with van der Waals surface area (Å²) in [6.45, 7) is 3.94. The molecule has 0 aromatic carbocycles. The normalized spacial score (nSPS) is 17.6. The molecule has 0 fully saturated rings. The fourth-order valence-electron chi connectivity index (χ4n) is 1.04. The van der Waals surface area contributed by atoms with Crippen LogP contribution in [0.1, 0.15) is 26.7 Å². The molecule has 0 aliphatic heterocycles. The third-order valence-electron chi connectivity index (χ3n) is 2.35. The maximum Gasteiger partial charge on any atom is 0.308 e. The van der Waals surface area contributed by atoms with Gasteiger partial charge in [0.2, 0.25) is 0 Å². The summed E-state index contributed by atoms with van der Waals surface area (Å²) in [5.41, 5.74) is 5.72. The number of carbonyl (C=O) groups excluding carboxylic acids is 1. The van der Waals surface area contributed by atoms with Gasteiger partial charge in [0, 0.05) is 6.04 Å². The molecule has 0 unspecified atom stereocenters. The Balaban J connectivity index is 3.95. The molecule has 0 spiro atoms. The smallest absolute Gasteiger partial charge is 0.308 e. The summed E-state index contributed by atoms with van der Waals surface area (Å²) in [5.74, 6) is -0.217. The molecular weight excluding hydrogens is 170 g/mol. The zero-order valence-corrected chi connectivity index (χ0v) is 8.49. The first kappa shape index (κ1) is 12.4.